The molecule has 10 heteroatoms. The van der Waals surface area contributed by atoms with Gasteiger partial charge in [0.25, 0.3) is 0 Å². The lowest BCUT2D eigenvalue weighted by molar-refractivity contribution is -0.143. The molecule has 208 valence electrons. The summed E-state index contributed by atoms with van der Waals surface area (Å²) in [6.45, 7) is 0.591. The Labute approximate surface area is 222 Å². The molecule has 38 heavy (non-hydrogen) atoms. The summed E-state index contributed by atoms with van der Waals surface area (Å²) in [6, 6.07) is 2.64. The zero-order valence-electron chi connectivity index (χ0n) is 21.8. The first-order chi connectivity index (χ1) is 18.5. The third-order valence-electron chi connectivity index (χ3n) is 8.27. The van der Waals surface area contributed by atoms with E-state index in [1.54, 1.807) is 23.1 Å². The molecule has 1 saturated heterocycles. The van der Waals surface area contributed by atoms with Gasteiger partial charge in [-0.1, -0.05) is 12.8 Å². The average molecular weight is 531 g/mol. The van der Waals surface area contributed by atoms with Gasteiger partial charge >= 0.3 is 0 Å². The van der Waals surface area contributed by atoms with E-state index in [0.29, 0.717) is 41.4 Å². The molecule has 4 N–H and O–H groups in total. The molecule has 5 rings (SSSR count). The maximum absolute atomic E-state index is 13.8. The predicted molar refractivity (Wildman–Crippen MR) is 137 cm³/mol. The van der Waals surface area contributed by atoms with Crippen LogP contribution in [0.5, 0.6) is 11.5 Å². The minimum Gasteiger partial charge on any atom is -0.493 e. The smallest absolute Gasteiger partial charge is 0.247 e. The number of benzene rings is 1. The lowest BCUT2D eigenvalue weighted by Gasteiger charge is -2.42. The van der Waals surface area contributed by atoms with Crippen LogP contribution in [-0.4, -0.2) is 89.8 Å². The van der Waals surface area contributed by atoms with Crippen LogP contribution >= 0.6 is 0 Å². The molecule has 2 aliphatic heterocycles. The summed E-state index contributed by atoms with van der Waals surface area (Å²) in [5, 5.41) is 33.6. The Morgan fingerprint density at radius 1 is 1.16 bits per heavy atom. The van der Waals surface area contributed by atoms with E-state index in [9.17, 15) is 24.9 Å². The number of nitrogens with zero attached hydrogens (tertiary/aromatic N) is 1. The number of nitrogens with one attached hydrogen (secondary N) is 1. The van der Waals surface area contributed by atoms with Gasteiger partial charge in [-0.15, -0.1) is 0 Å². The molecule has 2 aliphatic carbocycles. The zero-order chi connectivity index (χ0) is 26.8. The first kappa shape index (κ1) is 26.9. The van der Waals surface area contributed by atoms with Gasteiger partial charge in [-0.25, -0.2) is 0 Å². The van der Waals surface area contributed by atoms with Gasteiger partial charge in [0.15, 0.2) is 11.5 Å². The van der Waals surface area contributed by atoms with E-state index in [0.717, 1.165) is 38.5 Å². The summed E-state index contributed by atoms with van der Waals surface area (Å²) in [7, 11) is 1.50. The van der Waals surface area contributed by atoms with Crippen LogP contribution in [0, 0.1) is 5.92 Å². The summed E-state index contributed by atoms with van der Waals surface area (Å²) in [5.74, 6) is -0.369. The van der Waals surface area contributed by atoms with E-state index < -0.39 is 30.1 Å². The van der Waals surface area contributed by atoms with Crippen LogP contribution in [0.25, 0.3) is 0 Å². The number of hydrogen-bond acceptors (Lipinski definition) is 8. The number of carbonyl (C=O) groups excluding carboxylic acids is 2. The summed E-state index contributed by atoms with van der Waals surface area (Å²) in [5.41, 5.74) is 1.58. The van der Waals surface area contributed by atoms with Crippen LogP contribution in [-0.2, 0) is 20.9 Å². The van der Waals surface area contributed by atoms with Gasteiger partial charge in [-0.2, -0.15) is 0 Å². The number of fused-ring (bicyclic) bond motifs is 3. The second kappa shape index (κ2) is 11.6. The Bertz CT molecular complexity index is 1060. The van der Waals surface area contributed by atoms with E-state index in [1.165, 1.54) is 7.11 Å². The number of amides is 2. The standard InChI is InChI=1S/C28H38N2O8/c1-36-22-12-16(15-32)11-19-23-20(27(34)29-8-9-31)13-21(24(33)26(23)38-25(19)22)30(14-18-7-4-10-37-18)28(35)17-5-2-3-6-17/h11-13,17-18,21,23-24,26,31-33H,2-10,14-15H2,1H3,(H,29,34)/t18-,21+,23-,24-,26-/m0/s1. The van der Waals surface area contributed by atoms with Crippen LogP contribution in [0.3, 0.4) is 0 Å². The number of rotatable bonds is 9. The van der Waals surface area contributed by atoms with Crippen molar-refractivity contribution in [2.24, 2.45) is 5.92 Å². The van der Waals surface area contributed by atoms with Crippen molar-refractivity contribution in [3.05, 3.63) is 34.9 Å². The van der Waals surface area contributed by atoms with E-state index in [2.05, 4.69) is 5.32 Å². The van der Waals surface area contributed by atoms with E-state index in [1.807, 2.05) is 0 Å². The highest BCUT2D eigenvalue weighted by atomic mass is 16.5. The summed E-state index contributed by atoms with van der Waals surface area (Å²) in [4.78, 5) is 29.0. The van der Waals surface area contributed by atoms with E-state index in [4.69, 9.17) is 14.2 Å². The number of carbonyl (C=O) groups is 2. The highest BCUT2D eigenvalue weighted by Crippen LogP contribution is 2.51. The van der Waals surface area contributed by atoms with Gasteiger partial charge in [0, 0.05) is 36.8 Å². The number of methoxy groups -OCH3 is 1. The maximum atomic E-state index is 13.8. The fourth-order valence-corrected chi connectivity index (χ4v) is 6.39. The topological polar surface area (TPSA) is 138 Å². The Hall–Kier alpha value is -2.66. The molecular formula is C28H38N2O8. The Morgan fingerprint density at radius 3 is 2.61 bits per heavy atom. The van der Waals surface area contributed by atoms with Gasteiger partial charge in [-0.3, -0.25) is 9.59 Å². The normalized spacial score (nSPS) is 28.3. The lowest BCUT2D eigenvalue weighted by atomic mass is 9.77. The average Bonchev–Trinajstić information content (AvgIpc) is 3.71. The zero-order valence-corrected chi connectivity index (χ0v) is 21.8. The molecule has 2 fully saturated rings. The van der Waals surface area contributed by atoms with Crippen molar-refractivity contribution in [3.8, 4) is 11.5 Å². The molecule has 0 radical (unpaired) electrons. The van der Waals surface area contributed by atoms with Gasteiger partial charge in [-0.05, 0) is 49.5 Å². The summed E-state index contributed by atoms with van der Waals surface area (Å²) >= 11 is 0. The minimum atomic E-state index is -1.11. The fourth-order valence-electron chi connectivity index (χ4n) is 6.39. The molecule has 1 saturated carbocycles. The molecule has 5 atom stereocenters. The number of aliphatic hydroxyl groups excluding tert-OH is 3. The minimum absolute atomic E-state index is 0.0254. The molecule has 2 heterocycles. The van der Waals surface area contributed by atoms with Gasteiger partial charge in [0.1, 0.15) is 12.2 Å². The highest BCUT2D eigenvalue weighted by Gasteiger charge is 2.52. The first-order valence-electron chi connectivity index (χ1n) is 13.7. The highest BCUT2D eigenvalue weighted by molar-refractivity contribution is 5.96. The van der Waals surface area contributed by atoms with Gasteiger partial charge in [0.05, 0.1) is 38.4 Å². The first-order valence-corrected chi connectivity index (χ1v) is 13.7. The number of aliphatic hydroxyl groups is 3. The Balaban J connectivity index is 1.56. The molecule has 1 aromatic rings. The lowest BCUT2D eigenvalue weighted by Crippen LogP contribution is -2.58. The van der Waals surface area contributed by atoms with Crippen molar-refractivity contribution in [1.29, 1.82) is 0 Å². The van der Waals surface area contributed by atoms with Crippen LogP contribution in [0.15, 0.2) is 23.8 Å². The molecule has 4 aliphatic rings. The molecule has 10 nitrogen and oxygen atoms in total. The molecule has 1 aromatic carbocycles. The Morgan fingerprint density at radius 2 is 1.95 bits per heavy atom. The van der Waals surface area contributed by atoms with Crippen molar-refractivity contribution in [2.75, 3.05) is 33.4 Å². The largest absolute Gasteiger partial charge is 0.493 e. The maximum Gasteiger partial charge on any atom is 0.247 e. The molecule has 0 unspecified atom stereocenters. The van der Waals surface area contributed by atoms with Crippen molar-refractivity contribution in [3.63, 3.8) is 0 Å². The molecule has 0 bridgehead atoms. The third-order valence-corrected chi connectivity index (χ3v) is 8.27. The number of ether oxygens (including phenoxy) is 3. The van der Waals surface area contributed by atoms with Crippen LogP contribution in [0.1, 0.15) is 55.6 Å². The third kappa shape index (κ3) is 5.02. The van der Waals surface area contributed by atoms with E-state index >= 15 is 0 Å². The van der Waals surface area contributed by atoms with Crippen molar-refractivity contribution in [2.45, 2.75) is 75.4 Å². The van der Waals surface area contributed by atoms with Crippen molar-refractivity contribution < 1.29 is 39.1 Å². The summed E-state index contributed by atoms with van der Waals surface area (Å²) in [6.07, 6.45) is 4.98. The molecule has 0 spiro atoms. The van der Waals surface area contributed by atoms with Crippen LogP contribution < -0.4 is 14.8 Å². The molecular weight excluding hydrogens is 492 g/mol. The van der Waals surface area contributed by atoms with Crippen molar-refractivity contribution >= 4 is 11.8 Å². The van der Waals surface area contributed by atoms with Crippen molar-refractivity contribution in [1.82, 2.24) is 10.2 Å². The molecule has 2 amide bonds. The van der Waals surface area contributed by atoms with Gasteiger partial charge in [0.2, 0.25) is 11.8 Å². The fraction of sp³-hybridized carbons (Fsp3) is 0.643. The second-order valence-electron chi connectivity index (χ2n) is 10.6. The molecule has 0 aromatic heterocycles. The quantitative estimate of drug-likeness (QED) is 0.371. The Kier molecular flexibility index (Phi) is 8.23. The summed E-state index contributed by atoms with van der Waals surface area (Å²) < 4.78 is 17.7. The van der Waals surface area contributed by atoms with Crippen LogP contribution in [0.2, 0.25) is 0 Å². The van der Waals surface area contributed by atoms with E-state index in [-0.39, 0.29) is 37.7 Å². The second-order valence-corrected chi connectivity index (χ2v) is 10.6. The monoisotopic (exact) mass is 530 g/mol. The predicted octanol–water partition coefficient (Wildman–Crippen LogP) is 1.01. The van der Waals surface area contributed by atoms with Crippen LogP contribution in [0.4, 0.5) is 0 Å². The van der Waals surface area contributed by atoms with Gasteiger partial charge < -0.3 is 39.7 Å². The SMILES string of the molecule is COc1cc(CO)cc2c1O[C@@H]1[C@@H](O)[C@H](N(C[C@@H]3CCCO3)C(=O)C3CCCC3)C=C(C(=O)NCCO)[C@H]21. The number of hydrogen-bond donors (Lipinski definition) is 4.